The van der Waals surface area contributed by atoms with E-state index in [0.717, 1.165) is 19.2 Å². The number of hydrogen-bond donors (Lipinski definition) is 2. The van der Waals surface area contributed by atoms with Gasteiger partial charge in [-0.2, -0.15) is 8.42 Å². The van der Waals surface area contributed by atoms with Gasteiger partial charge in [0, 0.05) is 64.5 Å². The Morgan fingerprint density at radius 2 is 1.72 bits per heavy atom. The summed E-state index contributed by atoms with van der Waals surface area (Å²) in [5.41, 5.74) is -3.91. The zero-order valence-corrected chi connectivity index (χ0v) is 24.3. The SMILES string of the molecule is CCN1C[C@@]2(COC)[C@H]3[C@@H](OC)[C@H]4C1[C@]3(CCC21OCCO1)[C@@H]1C[C@]2(O)[C@@H](OC)C[C@@]4(O)[C@H]1[C@H]2OS(C)(=O)=O. The van der Waals surface area contributed by atoms with Gasteiger partial charge in [0.15, 0.2) is 5.79 Å². The molecule has 39 heavy (non-hydrogen) atoms. The molecule has 2 N–H and O–H groups in total. The fourth-order valence-corrected chi connectivity index (χ4v) is 12.4. The zero-order chi connectivity index (χ0) is 27.8. The largest absolute Gasteiger partial charge is 0.389 e. The van der Waals surface area contributed by atoms with Crippen molar-refractivity contribution < 1.29 is 46.5 Å². The van der Waals surface area contributed by atoms with Gasteiger partial charge < -0.3 is 33.9 Å². The van der Waals surface area contributed by atoms with Crippen LogP contribution in [0.15, 0.2) is 0 Å². The van der Waals surface area contributed by atoms with Crippen LogP contribution in [0.2, 0.25) is 0 Å². The van der Waals surface area contributed by atoms with Crippen LogP contribution in [-0.2, 0) is 38.0 Å². The second-order valence-corrected chi connectivity index (χ2v) is 14.9. The Balaban J connectivity index is 1.49. The van der Waals surface area contributed by atoms with Gasteiger partial charge in [0.2, 0.25) is 0 Å². The van der Waals surface area contributed by atoms with Crippen molar-refractivity contribution in [1.82, 2.24) is 4.90 Å². The summed E-state index contributed by atoms with van der Waals surface area (Å²) in [6, 6.07) is -0.0238. The summed E-state index contributed by atoms with van der Waals surface area (Å²) in [5.74, 6) is -2.11. The van der Waals surface area contributed by atoms with Gasteiger partial charge in [-0.3, -0.25) is 9.08 Å². The molecule has 11 nitrogen and oxygen atoms in total. The second kappa shape index (κ2) is 8.36. The predicted octanol–water partition coefficient (Wildman–Crippen LogP) is -0.0170. The van der Waals surface area contributed by atoms with Crippen LogP contribution in [0, 0.1) is 34.5 Å². The predicted molar refractivity (Wildman–Crippen MR) is 136 cm³/mol. The Kier molecular flexibility index (Phi) is 5.88. The van der Waals surface area contributed by atoms with E-state index >= 15 is 0 Å². The van der Waals surface area contributed by atoms with Crippen LogP contribution in [0.3, 0.4) is 0 Å². The van der Waals surface area contributed by atoms with Gasteiger partial charge >= 0.3 is 0 Å². The van der Waals surface area contributed by atoms with Gasteiger partial charge in [0.05, 0.1) is 49.3 Å². The third kappa shape index (κ3) is 2.97. The van der Waals surface area contributed by atoms with E-state index in [1.165, 1.54) is 7.11 Å². The van der Waals surface area contributed by atoms with Crippen molar-refractivity contribution in [3.63, 3.8) is 0 Å². The van der Waals surface area contributed by atoms with Crippen LogP contribution < -0.4 is 0 Å². The number of likely N-dealkylation sites (tertiary alicyclic amines) is 1. The quantitative estimate of drug-likeness (QED) is 0.398. The Morgan fingerprint density at radius 1 is 1.00 bits per heavy atom. The summed E-state index contributed by atoms with van der Waals surface area (Å²) in [4.78, 5) is 2.46. The molecular weight excluding hydrogens is 530 g/mol. The summed E-state index contributed by atoms with van der Waals surface area (Å²) in [5, 5.41) is 25.2. The molecule has 7 aliphatic rings. The average molecular weight is 574 g/mol. The first kappa shape index (κ1) is 27.4. The van der Waals surface area contributed by atoms with Crippen molar-refractivity contribution in [2.75, 3.05) is 60.5 Å². The van der Waals surface area contributed by atoms with E-state index < -0.39 is 56.1 Å². The Bertz CT molecular complexity index is 1130. The first-order chi connectivity index (χ1) is 18.4. The smallest absolute Gasteiger partial charge is 0.264 e. The molecule has 0 aromatic heterocycles. The minimum absolute atomic E-state index is 0.0238. The van der Waals surface area contributed by atoms with Crippen molar-refractivity contribution >= 4 is 10.1 Å². The van der Waals surface area contributed by atoms with E-state index in [9.17, 15) is 18.6 Å². The van der Waals surface area contributed by atoms with Gasteiger partial charge in [-0.1, -0.05) is 6.92 Å². The number of methoxy groups -OCH3 is 3. The molecule has 222 valence electrons. The molecule has 1 unspecified atom stereocenters. The Morgan fingerprint density at radius 3 is 2.31 bits per heavy atom. The number of hydrogen-bond acceptors (Lipinski definition) is 11. The molecule has 5 aliphatic carbocycles. The molecule has 7 fully saturated rings. The zero-order valence-electron chi connectivity index (χ0n) is 23.5. The highest BCUT2D eigenvalue weighted by Crippen LogP contribution is 2.81. The number of nitrogens with zero attached hydrogens (tertiary/aromatic N) is 1. The lowest BCUT2D eigenvalue weighted by atomic mass is 9.43. The number of fused-ring (bicyclic) bond motifs is 3. The summed E-state index contributed by atoms with van der Waals surface area (Å²) < 4.78 is 62.1. The third-order valence-electron chi connectivity index (χ3n) is 12.4. The molecule has 0 amide bonds. The van der Waals surface area contributed by atoms with E-state index in [4.69, 9.17) is 27.9 Å². The van der Waals surface area contributed by atoms with Gasteiger partial charge in [0.25, 0.3) is 10.1 Å². The van der Waals surface area contributed by atoms with Crippen molar-refractivity contribution in [3.05, 3.63) is 0 Å². The molecule has 0 aromatic carbocycles. The van der Waals surface area contributed by atoms with Crippen LogP contribution in [-0.4, -0.2) is 125 Å². The summed E-state index contributed by atoms with van der Waals surface area (Å²) in [6.45, 7) is 5.00. The third-order valence-corrected chi connectivity index (χ3v) is 12.9. The fourth-order valence-electron chi connectivity index (χ4n) is 11.8. The van der Waals surface area contributed by atoms with E-state index in [-0.39, 0.29) is 42.7 Å². The molecule has 0 aromatic rings. The second-order valence-electron chi connectivity index (χ2n) is 13.3. The van der Waals surface area contributed by atoms with Gasteiger partial charge in [-0.15, -0.1) is 0 Å². The van der Waals surface area contributed by atoms with Gasteiger partial charge in [-0.05, 0) is 30.7 Å². The normalized spacial score (nSPS) is 54.9. The molecule has 2 heterocycles. The average Bonchev–Trinajstić information content (AvgIpc) is 3.50. The maximum absolute atomic E-state index is 12.9. The molecule has 7 rings (SSSR count). The summed E-state index contributed by atoms with van der Waals surface area (Å²) >= 11 is 0. The minimum Gasteiger partial charge on any atom is -0.389 e. The van der Waals surface area contributed by atoms with Crippen molar-refractivity contribution in [2.24, 2.45) is 34.5 Å². The number of ether oxygens (including phenoxy) is 5. The summed E-state index contributed by atoms with van der Waals surface area (Å²) in [7, 11) is 0.994. The van der Waals surface area contributed by atoms with Gasteiger partial charge in [0.1, 0.15) is 11.7 Å². The maximum atomic E-state index is 12.9. The number of piperidine rings is 1. The monoisotopic (exact) mass is 573 g/mol. The molecule has 12 heteroatoms. The Hall–Kier alpha value is -0.410. The Labute approximate surface area is 230 Å². The van der Waals surface area contributed by atoms with E-state index in [0.29, 0.717) is 32.8 Å². The molecule has 7 bridgehead atoms. The fraction of sp³-hybridized carbons (Fsp3) is 1.00. The van der Waals surface area contributed by atoms with E-state index in [1.54, 1.807) is 14.2 Å². The topological polar surface area (TPSA) is 133 Å². The highest BCUT2D eigenvalue weighted by molar-refractivity contribution is 7.86. The molecule has 2 saturated heterocycles. The number of aliphatic hydroxyl groups is 2. The van der Waals surface area contributed by atoms with Crippen LogP contribution in [0.4, 0.5) is 0 Å². The van der Waals surface area contributed by atoms with E-state index in [2.05, 4.69) is 11.8 Å². The van der Waals surface area contributed by atoms with Crippen LogP contribution in [0.1, 0.15) is 32.6 Å². The lowest BCUT2D eigenvalue weighted by molar-refractivity contribution is -0.345. The highest BCUT2D eigenvalue weighted by atomic mass is 32.2. The van der Waals surface area contributed by atoms with Crippen molar-refractivity contribution in [1.29, 1.82) is 0 Å². The lowest BCUT2D eigenvalue weighted by Gasteiger charge is -2.70. The summed E-state index contributed by atoms with van der Waals surface area (Å²) in [6.07, 6.45) is 0.633. The molecule has 2 aliphatic heterocycles. The van der Waals surface area contributed by atoms with Crippen molar-refractivity contribution in [2.45, 2.75) is 73.9 Å². The highest BCUT2D eigenvalue weighted by Gasteiger charge is 2.89. The lowest BCUT2D eigenvalue weighted by Crippen LogP contribution is -2.78. The number of rotatable bonds is 7. The van der Waals surface area contributed by atoms with Gasteiger partial charge in [-0.25, -0.2) is 0 Å². The van der Waals surface area contributed by atoms with Crippen LogP contribution in [0.25, 0.3) is 0 Å². The van der Waals surface area contributed by atoms with E-state index in [1.807, 2.05) is 0 Å². The standard InChI is InChI=1S/C27H43NO10S/c1-6-28-13-23(14-33-2)20-19(35-4)18-21(28)24(20,7-8-27(23)36-9-10-37-27)15-11-25(29)16(34-3)12-26(18,30)17(15)22(25)38-39(5,31)32/h15-22,29-30H,6-14H2,1-5H3/t15-,16+,17-,18+,19+,20-,21?,22-,23-,24-,25+,26-/m1/s1. The molecular formula is C27H43NO10S. The first-order valence-corrected chi connectivity index (χ1v) is 16.1. The minimum atomic E-state index is -3.94. The van der Waals surface area contributed by atoms with Crippen LogP contribution in [0.5, 0.6) is 0 Å². The first-order valence-electron chi connectivity index (χ1n) is 14.3. The molecule has 2 spiro atoms. The van der Waals surface area contributed by atoms with Crippen LogP contribution >= 0.6 is 0 Å². The molecule has 0 radical (unpaired) electrons. The molecule has 12 atom stereocenters. The molecule has 5 saturated carbocycles. The van der Waals surface area contributed by atoms with Crippen molar-refractivity contribution in [3.8, 4) is 0 Å². The maximum Gasteiger partial charge on any atom is 0.264 e.